The van der Waals surface area contributed by atoms with E-state index in [1.165, 1.54) is 5.56 Å². The van der Waals surface area contributed by atoms with E-state index in [9.17, 15) is 0 Å². The zero-order valence-corrected chi connectivity index (χ0v) is 8.03. The van der Waals surface area contributed by atoms with Crippen molar-refractivity contribution in [3.8, 4) is 6.07 Å². The largest absolute Gasteiger partial charge is 0.198 e. The maximum atomic E-state index is 8.87. The fourth-order valence-corrected chi connectivity index (χ4v) is 1.46. The minimum atomic E-state index is 0.187. The summed E-state index contributed by atoms with van der Waals surface area (Å²) in [6.45, 7) is 2.12. The summed E-state index contributed by atoms with van der Waals surface area (Å²) < 4.78 is 0. The Kier molecular flexibility index (Phi) is 4.05. The van der Waals surface area contributed by atoms with Gasteiger partial charge in [-0.2, -0.15) is 5.26 Å². The average molecular weight is 173 g/mol. The predicted molar refractivity (Wildman–Crippen MR) is 54.2 cm³/mol. The van der Waals surface area contributed by atoms with E-state index in [4.69, 9.17) is 5.26 Å². The minimum absolute atomic E-state index is 0.187. The molecule has 0 spiro atoms. The van der Waals surface area contributed by atoms with Crippen LogP contribution in [0.25, 0.3) is 0 Å². The lowest BCUT2D eigenvalue weighted by Crippen LogP contribution is -2.00. The molecule has 0 heterocycles. The lowest BCUT2D eigenvalue weighted by molar-refractivity contribution is 0.589. The van der Waals surface area contributed by atoms with Gasteiger partial charge in [-0.15, -0.1) is 0 Å². The SMILES string of the molecule is CCCC(C#N)Cc1ccccc1. The van der Waals surface area contributed by atoms with E-state index in [0.717, 1.165) is 19.3 Å². The van der Waals surface area contributed by atoms with E-state index in [1.807, 2.05) is 18.2 Å². The second-order valence-electron chi connectivity index (χ2n) is 3.30. The van der Waals surface area contributed by atoms with Crippen molar-refractivity contribution >= 4 is 0 Å². The zero-order chi connectivity index (χ0) is 9.52. The van der Waals surface area contributed by atoms with Gasteiger partial charge in [-0.05, 0) is 18.4 Å². The van der Waals surface area contributed by atoms with Crippen LogP contribution < -0.4 is 0 Å². The lowest BCUT2D eigenvalue weighted by atomic mass is 9.97. The van der Waals surface area contributed by atoms with Crippen LogP contribution in [0.3, 0.4) is 0 Å². The first-order valence-corrected chi connectivity index (χ1v) is 4.80. The van der Waals surface area contributed by atoms with Gasteiger partial charge in [0.05, 0.1) is 12.0 Å². The molecule has 1 nitrogen and oxygen atoms in total. The summed E-state index contributed by atoms with van der Waals surface area (Å²) >= 11 is 0. The van der Waals surface area contributed by atoms with Crippen LogP contribution >= 0.6 is 0 Å². The van der Waals surface area contributed by atoms with Crippen LogP contribution in [0.2, 0.25) is 0 Å². The Morgan fingerprint density at radius 3 is 2.54 bits per heavy atom. The van der Waals surface area contributed by atoms with Crippen molar-refractivity contribution in [1.29, 1.82) is 5.26 Å². The minimum Gasteiger partial charge on any atom is -0.198 e. The number of nitrogens with zero attached hydrogens (tertiary/aromatic N) is 1. The van der Waals surface area contributed by atoms with Gasteiger partial charge in [-0.3, -0.25) is 0 Å². The highest BCUT2D eigenvalue weighted by Gasteiger charge is 2.06. The number of hydrogen-bond donors (Lipinski definition) is 0. The number of nitriles is 1. The Bertz CT molecular complexity index is 271. The van der Waals surface area contributed by atoms with E-state index in [0.29, 0.717) is 0 Å². The van der Waals surface area contributed by atoms with Crippen LogP contribution in [0.4, 0.5) is 0 Å². The lowest BCUT2D eigenvalue weighted by Gasteiger charge is -2.06. The van der Waals surface area contributed by atoms with Crippen LogP contribution in [-0.4, -0.2) is 0 Å². The normalized spacial score (nSPS) is 12.0. The first kappa shape index (κ1) is 9.80. The third-order valence-corrected chi connectivity index (χ3v) is 2.14. The van der Waals surface area contributed by atoms with Crippen LogP contribution in [0.15, 0.2) is 30.3 Å². The molecular weight excluding hydrogens is 158 g/mol. The molecule has 1 aromatic rings. The number of rotatable bonds is 4. The Labute approximate surface area is 80.0 Å². The molecule has 68 valence electrons. The molecule has 0 aliphatic rings. The van der Waals surface area contributed by atoms with Gasteiger partial charge in [0.15, 0.2) is 0 Å². The molecule has 0 radical (unpaired) electrons. The summed E-state index contributed by atoms with van der Waals surface area (Å²) in [7, 11) is 0. The van der Waals surface area contributed by atoms with Crippen molar-refractivity contribution in [3.05, 3.63) is 35.9 Å². The number of hydrogen-bond acceptors (Lipinski definition) is 1. The second-order valence-corrected chi connectivity index (χ2v) is 3.30. The van der Waals surface area contributed by atoms with Crippen molar-refractivity contribution in [2.24, 2.45) is 5.92 Å². The standard InChI is InChI=1S/C12H15N/c1-2-6-12(10-13)9-11-7-4-3-5-8-11/h3-5,7-8,12H,2,6,9H2,1H3. The van der Waals surface area contributed by atoms with Crippen molar-refractivity contribution < 1.29 is 0 Å². The Morgan fingerprint density at radius 2 is 2.00 bits per heavy atom. The van der Waals surface area contributed by atoms with Crippen LogP contribution in [-0.2, 0) is 6.42 Å². The molecule has 0 saturated heterocycles. The highest BCUT2D eigenvalue weighted by Crippen LogP contribution is 2.12. The fraction of sp³-hybridized carbons (Fsp3) is 0.417. The van der Waals surface area contributed by atoms with E-state index >= 15 is 0 Å². The Balaban J connectivity index is 2.53. The molecule has 0 bridgehead atoms. The van der Waals surface area contributed by atoms with Crippen LogP contribution in [0.1, 0.15) is 25.3 Å². The zero-order valence-electron chi connectivity index (χ0n) is 8.03. The summed E-state index contributed by atoms with van der Waals surface area (Å²) in [5.74, 6) is 0.187. The van der Waals surface area contributed by atoms with E-state index < -0.39 is 0 Å². The molecule has 1 rings (SSSR count). The first-order chi connectivity index (χ1) is 6.36. The summed E-state index contributed by atoms with van der Waals surface area (Å²) in [5.41, 5.74) is 1.27. The van der Waals surface area contributed by atoms with Crippen molar-refractivity contribution in [3.63, 3.8) is 0 Å². The van der Waals surface area contributed by atoms with Gasteiger partial charge < -0.3 is 0 Å². The fourth-order valence-electron chi connectivity index (χ4n) is 1.46. The molecule has 0 fully saturated rings. The smallest absolute Gasteiger partial charge is 0.0659 e. The van der Waals surface area contributed by atoms with Gasteiger partial charge in [0.2, 0.25) is 0 Å². The molecule has 1 atom stereocenters. The molecule has 0 saturated carbocycles. The monoisotopic (exact) mass is 173 g/mol. The third-order valence-electron chi connectivity index (χ3n) is 2.14. The second kappa shape index (κ2) is 5.37. The van der Waals surface area contributed by atoms with Crippen molar-refractivity contribution in [2.75, 3.05) is 0 Å². The maximum Gasteiger partial charge on any atom is 0.0659 e. The third kappa shape index (κ3) is 3.29. The highest BCUT2D eigenvalue weighted by atomic mass is 14.3. The molecule has 0 N–H and O–H groups in total. The molecule has 1 heteroatoms. The van der Waals surface area contributed by atoms with E-state index in [-0.39, 0.29) is 5.92 Å². The van der Waals surface area contributed by atoms with Crippen LogP contribution in [0.5, 0.6) is 0 Å². The molecular formula is C12H15N. The van der Waals surface area contributed by atoms with Gasteiger partial charge >= 0.3 is 0 Å². The van der Waals surface area contributed by atoms with E-state index in [1.54, 1.807) is 0 Å². The summed E-state index contributed by atoms with van der Waals surface area (Å²) in [4.78, 5) is 0. The molecule has 13 heavy (non-hydrogen) atoms. The molecule has 0 aliphatic carbocycles. The molecule has 0 aromatic heterocycles. The topological polar surface area (TPSA) is 23.8 Å². The van der Waals surface area contributed by atoms with Gasteiger partial charge in [-0.1, -0.05) is 43.7 Å². The quantitative estimate of drug-likeness (QED) is 0.686. The first-order valence-electron chi connectivity index (χ1n) is 4.80. The molecule has 0 aliphatic heterocycles. The summed E-state index contributed by atoms with van der Waals surface area (Å²) in [6.07, 6.45) is 2.99. The molecule has 1 unspecified atom stereocenters. The highest BCUT2D eigenvalue weighted by molar-refractivity contribution is 5.16. The summed E-state index contributed by atoms with van der Waals surface area (Å²) in [6, 6.07) is 12.6. The van der Waals surface area contributed by atoms with E-state index in [2.05, 4.69) is 25.1 Å². The average Bonchev–Trinajstić information content (AvgIpc) is 2.19. The van der Waals surface area contributed by atoms with Gasteiger partial charge in [0, 0.05) is 0 Å². The Morgan fingerprint density at radius 1 is 1.31 bits per heavy atom. The van der Waals surface area contributed by atoms with Gasteiger partial charge in [-0.25, -0.2) is 0 Å². The Hall–Kier alpha value is -1.29. The predicted octanol–water partition coefficient (Wildman–Crippen LogP) is 3.17. The van der Waals surface area contributed by atoms with Crippen molar-refractivity contribution in [1.82, 2.24) is 0 Å². The van der Waals surface area contributed by atoms with Crippen molar-refractivity contribution in [2.45, 2.75) is 26.2 Å². The van der Waals surface area contributed by atoms with Gasteiger partial charge in [0.25, 0.3) is 0 Å². The van der Waals surface area contributed by atoms with Crippen LogP contribution in [0, 0.1) is 17.2 Å². The molecule has 0 amide bonds. The summed E-state index contributed by atoms with van der Waals surface area (Å²) in [5, 5.41) is 8.87. The molecule has 1 aromatic carbocycles. The number of benzene rings is 1. The van der Waals surface area contributed by atoms with Gasteiger partial charge in [0.1, 0.15) is 0 Å². The maximum absolute atomic E-state index is 8.87.